The molecular formula is C44H84O6. The summed E-state index contributed by atoms with van der Waals surface area (Å²) >= 11 is 0. The number of rotatable bonds is 35. The van der Waals surface area contributed by atoms with Crippen LogP contribution in [0, 0.1) is 5.92 Å². The number of hydrogen-bond donors (Lipinski definition) is 3. The van der Waals surface area contributed by atoms with Crippen LogP contribution in [0.3, 0.4) is 0 Å². The van der Waals surface area contributed by atoms with E-state index in [9.17, 15) is 14.4 Å². The van der Waals surface area contributed by atoms with Crippen LogP contribution in [0.2, 0.25) is 0 Å². The first-order valence-corrected chi connectivity index (χ1v) is 21.1. The first kappa shape index (κ1) is 52.3. The summed E-state index contributed by atoms with van der Waals surface area (Å²) in [5.74, 6) is -2.29. The summed E-state index contributed by atoms with van der Waals surface area (Å²) in [5.41, 5.74) is 0. The molecule has 0 aromatic carbocycles. The smallest absolute Gasteiger partial charge is 0.305 e. The third-order valence-electron chi connectivity index (χ3n) is 8.80. The van der Waals surface area contributed by atoms with E-state index in [-0.39, 0.29) is 5.92 Å². The van der Waals surface area contributed by atoms with E-state index in [1.165, 1.54) is 167 Å². The summed E-state index contributed by atoms with van der Waals surface area (Å²) in [7, 11) is 0. The molecule has 0 radical (unpaired) electrons. The average molecular weight is 709 g/mol. The van der Waals surface area contributed by atoms with Crippen molar-refractivity contribution in [3.63, 3.8) is 0 Å². The Balaban J connectivity index is -0.000000767. The molecule has 0 aliphatic heterocycles. The number of carboxylic acid groups (broad SMARTS) is 3. The highest BCUT2D eigenvalue weighted by atomic mass is 16.4. The first-order chi connectivity index (χ1) is 24.2. The quantitative estimate of drug-likeness (QED) is 0.0446. The van der Waals surface area contributed by atoms with Gasteiger partial charge in [-0.25, -0.2) is 0 Å². The van der Waals surface area contributed by atoms with Crippen LogP contribution in [0.1, 0.15) is 233 Å². The highest BCUT2D eigenvalue weighted by Gasteiger charge is 1.99. The Morgan fingerprint density at radius 2 is 0.580 bits per heavy atom. The van der Waals surface area contributed by atoms with Gasteiger partial charge in [-0.1, -0.05) is 180 Å². The van der Waals surface area contributed by atoms with Crippen molar-refractivity contribution >= 4 is 17.9 Å². The lowest BCUT2D eigenvalue weighted by Gasteiger charge is -2.01. The van der Waals surface area contributed by atoms with Crippen LogP contribution in [0.15, 0.2) is 24.3 Å². The van der Waals surface area contributed by atoms with Gasteiger partial charge in [0.05, 0.1) is 5.92 Å². The lowest BCUT2D eigenvalue weighted by molar-refractivity contribution is -0.140. The fourth-order valence-corrected chi connectivity index (χ4v) is 5.40. The number of allylic oxidation sites excluding steroid dienone is 4. The second kappa shape index (κ2) is 46.9. The minimum atomic E-state index is -0.741. The molecule has 296 valence electrons. The van der Waals surface area contributed by atoms with Crippen LogP contribution in [-0.2, 0) is 14.4 Å². The number of aliphatic carboxylic acids is 3. The van der Waals surface area contributed by atoms with Gasteiger partial charge in [-0.3, -0.25) is 14.4 Å². The van der Waals surface area contributed by atoms with Crippen LogP contribution in [0.5, 0.6) is 0 Å². The van der Waals surface area contributed by atoms with Gasteiger partial charge in [0.25, 0.3) is 0 Å². The highest BCUT2D eigenvalue weighted by Crippen LogP contribution is 2.13. The van der Waals surface area contributed by atoms with Crippen LogP contribution in [0.25, 0.3) is 0 Å². The fourth-order valence-electron chi connectivity index (χ4n) is 5.40. The SMILES string of the molecule is CC(C)C(=O)O.CCCCCCCCC=CCCCCCCCC(=O)O.CCCCCCCCC=CCCCCCCCCCCCC(=O)O. The number of carboxylic acids is 3. The molecule has 0 saturated heterocycles. The van der Waals surface area contributed by atoms with E-state index >= 15 is 0 Å². The summed E-state index contributed by atoms with van der Waals surface area (Å²) in [6, 6.07) is 0. The molecule has 0 fully saturated rings. The Morgan fingerprint density at radius 3 is 0.780 bits per heavy atom. The van der Waals surface area contributed by atoms with E-state index in [4.69, 9.17) is 15.3 Å². The van der Waals surface area contributed by atoms with E-state index in [0.717, 1.165) is 25.7 Å². The van der Waals surface area contributed by atoms with E-state index < -0.39 is 17.9 Å². The van der Waals surface area contributed by atoms with Gasteiger partial charge in [0, 0.05) is 12.8 Å². The summed E-state index contributed by atoms with van der Waals surface area (Å²) < 4.78 is 0. The van der Waals surface area contributed by atoms with Gasteiger partial charge in [0.2, 0.25) is 0 Å². The van der Waals surface area contributed by atoms with Crippen molar-refractivity contribution < 1.29 is 29.7 Å². The molecule has 0 rings (SSSR count). The molecule has 0 aliphatic carbocycles. The predicted molar refractivity (Wildman–Crippen MR) is 215 cm³/mol. The molecule has 0 saturated carbocycles. The van der Waals surface area contributed by atoms with E-state index in [2.05, 4.69) is 38.2 Å². The zero-order valence-corrected chi connectivity index (χ0v) is 33.6. The molecular weight excluding hydrogens is 624 g/mol. The lowest BCUT2D eigenvalue weighted by Crippen LogP contribution is -2.03. The van der Waals surface area contributed by atoms with Gasteiger partial charge in [0.1, 0.15) is 0 Å². The van der Waals surface area contributed by atoms with Crippen molar-refractivity contribution in [3.8, 4) is 0 Å². The summed E-state index contributed by atoms with van der Waals surface area (Å²) in [6.45, 7) is 7.81. The molecule has 0 bridgehead atoms. The molecule has 50 heavy (non-hydrogen) atoms. The maximum absolute atomic E-state index is 10.4. The van der Waals surface area contributed by atoms with Crippen LogP contribution in [-0.4, -0.2) is 33.2 Å². The Labute approximate surface area is 310 Å². The van der Waals surface area contributed by atoms with Gasteiger partial charge < -0.3 is 15.3 Å². The van der Waals surface area contributed by atoms with Gasteiger partial charge in [-0.15, -0.1) is 0 Å². The van der Waals surface area contributed by atoms with Crippen molar-refractivity contribution in [3.05, 3.63) is 24.3 Å². The van der Waals surface area contributed by atoms with Crippen molar-refractivity contribution in [1.82, 2.24) is 0 Å². The number of unbranched alkanes of at least 4 members (excludes halogenated alkanes) is 26. The molecule has 0 heterocycles. The molecule has 0 aliphatic rings. The standard InChI is InChI=1S/C22H42O2.C18H34O2.C4H8O2/c1-2-3-4-5-6-7-8-9-10-11-12-13-14-15-16-17-18-19-20-21-22(23)24;1-2-3-4-5-6-7-8-9-10-11-12-13-14-15-16-17-18(19)20;1-3(2)4(5)6/h9-10H,2-8,11-21H2,1H3,(H,23,24);9-10H,2-8,11-17H2,1H3,(H,19,20);3H,1-2H3,(H,5,6). The van der Waals surface area contributed by atoms with E-state index in [1.807, 2.05) is 0 Å². The Kier molecular flexibility index (Phi) is 49.0. The Bertz CT molecular complexity index is 758. The molecule has 0 aromatic heterocycles. The molecule has 0 unspecified atom stereocenters. The van der Waals surface area contributed by atoms with Gasteiger partial charge in [0.15, 0.2) is 0 Å². The molecule has 0 atom stereocenters. The fraction of sp³-hybridized carbons (Fsp3) is 0.841. The third-order valence-corrected chi connectivity index (χ3v) is 8.80. The Morgan fingerprint density at radius 1 is 0.380 bits per heavy atom. The van der Waals surface area contributed by atoms with Gasteiger partial charge >= 0.3 is 17.9 Å². The molecule has 6 heteroatoms. The van der Waals surface area contributed by atoms with Crippen molar-refractivity contribution in [2.45, 2.75) is 233 Å². The summed E-state index contributed by atoms with van der Waals surface area (Å²) in [6.07, 6.45) is 48.4. The topological polar surface area (TPSA) is 112 Å². The van der Waals surface area contributed by atoms with Crippen LogP contribution < -0.4 is 0 Å². The molecule has 0 aromatic rings. The number of carbonyl (C=O) groups is 3. The predicted octanol–water partition coefficient (Wildman–Crippen LogP) is 14.5. The minimum absolute atomic E-state index is 0.231. The van der Waals surface area contributed by atoms with E-state index in [1.54, 1.807) is 13.8 Å². The monoisotopic (exact) mass is 709 g/mol. The molecule has 0 spiro atoms. The maximum atomic E-state index is 10.4. The largest absolute Gasteiger partial charge is 0.481 e. The highest BCUT2D eigenvalue weighted by molar-refractivity contribution is 5.68. The normalized spacial score (nSPS) is 11.1. The van der Waals surface area contributed by atoms with E-state index in [0.29, 0.717) is 12.8 Å². The Hall–Kier alpha value is -2.11. The lowest BCUT2D eigenvalue weighted by atomic mass is 10.1. The summed E-state index contributed by atoms with van der Waals surface area (Å²) in [5, 5.41) is 25.1. The molecule has 0 amide bonds. The zero-order chi connectivity index (χ0) is 37.8. The first-order valence-electron chi connectivity index (χ1n) is 21.1. The second-order valence-electron chi connectivity index (χ2n) is 14.4. The second-order valence-corrected chi connectivity index (χ2v) is 14.4. The van der Waals surface area contributed by atoms with Gasteiger partial charge in [-0.2, -0.15) is 0 Å². The van der Waals surface area contributed by atoms with Crippen molar-refractivity contribution in [2.75, 3.05) is 0 Å². The molecule has 6 nitrogen and oxygen atoms in total. The third kappa shape index (κ3) is 58.1. The molecule has 3 N–H and O–H groups in total. The maximum Gasteiger partial charge on any atom is 0.305 e. The van der Waals surface area contributed by atoms with Crippen molar-refractivity contribution in [2.24, 2.45) is 5.92 Å². The average Bonchev–Trinajstić information content (AvgIpc) is 3.08. The van der Waals surface area contributed by atoms with Crippen molar-refractivity contribution in [1.29, 1.82) is 0 Å². The van der Waals surface area contributed by atoms with Crippen LogP contribution >= 0.6 is 0 Å². The minimum Gasteiger partial charge on any atom is -0.481 e. The number of hydrogen-bond acceptors (Lipinski definition) is 3. The van der Waals surface area contributed by atoms with Crippen LogP contribution in [0.4, 0.5) is 0 Å². The summed E-state index contributed by atoms with van der Waals surface area (Å²) in [4.78, 5) is 30.4. The van der Waals surface area contributed by atoms with Gasteiger partial charge in [-0.05, 0) is 64.2 Å². The zero-order valence-electron chi connectivity index (χ0n) is 33.6.